The lowest BCUT2D eigenvalue weighted by Gasteiger charge is -2.19. The molecule has 3 nitrogen and oxygen atoms in total. The number of esters is 1. The first-order valence-corrected chi connectivity index (χ1v) is 6.26. The van der Waals surface area contributed by atoms with E-state index in [4.69, 9.17) is 4.74 Å². The molecule has 0 saturated heterocycles. The maximum atomic E-state index is 11.2. The number of nitrogens with one attached hydrogen (secondary N) is 1. The third-order valence-electron chi connectivity index (χ3n) is 1.39. The van der Waals surface area contributed by atoms with Crippen LogP contribution in [0.5, 0.6) is 0 Å². The quantitative estimate of drug-likeness (QED) is 0.545. The van der Waals surface area contributed by atoms with E-state index in [1.165, 1.54) is 0 Å². The molecule has 0 aliphatic heterocycles. The van der Waals surface area contributed by atoms with Crippen molar-refractivity contribution in [3.05, 3.63) is 0 Å². The lowest BCUT2D eigenvalue weighted by atomic mass is 10.2. The number of hydrogen-bond acceptors (Lipinski definition) is 4. The van der Waals surface area contributed by atoms with E-state index in [0.29, 0.717) is 6.54 Å². The van der Waals surface area contributed by atoms with Crippen molar-refractivity contribution in [3.8, 4) is 0 Å². The normalized spacial score (nSPS) is 11.4. The Kier molecular flexibility index (Phi) is 7.01. The highest BCUT2D eigenvalue weighted by Gasteiger charge is 2.15. The highest BCUT2D eigenvalue weighted by molar-refractivity contribution is 7.98. The minimum atomic E-state index is -0.377. The van der Waals surface area contributed by atoms with E-state index in [-0.39, 0.29) is 11.6 Å². The van der Waals surface area contributed by atoms with Gasteiger partial charge in [-0.3, -0.25) is 4.79 Å². The maximum Gasteiger partial charge on any atom is 0.320 e. The third-order valence-corrected chi connectivity index (χ3v) is 2.09. The summed E-state index contributed by atoms with van der Waals surface area (Å²) >= 11 is 1.81. The highest BCUT2D eigenvalue weighted by atomic mass is 32.2. The van der Waals surface area contributed by atoms with E-state index in [1.807, 2.05) is 32.5 Å². The SMILES string of the molecule is CSCCCNCC(=O)OC(C)(C)C. The summed E-state index contributed by atoms with van der Waals surface area (Å²) in [6.45, 7) is 6.81. The van der Waals surface area contributed by atoms with Crippen molar-refractivity contribution in [1.29, 1.82) is 0 Å². The van der Waals surface area contributed by atoms with Gasteiger partial charge in [0.15, 0.2) is 0 Å². The van der Waals surface area contributed by atoms with E-state index in [0.717, 1.165) is 18.7 Å². The predicted molar refractivity (Wildman–Crippen MR) is 61.7 cm³/mol. The van der Waals surface area contributed by atoms with Crippen LogP contribution in [0.1, 0.15) is 27.2 Å². The van der Waals surface area contributed by atoms with Crippen LogP contribution in [0, 0.1) is 0 Å². The van der Waals surface area contributed by atoms with Crippen molar-refractivity contribution in [1.82, 2.24) is 5.32 Å². The second-order valence-electron chi connectivity index (χ2n) is 4.11. The summed E-state index contributed by atoms with van der Waals surface area (Å²) < 4.78 is 5.14. The molecule has 0 aromatic heterocycles. The van der Waals surface area contributed by atoms with Gasteiger partial charge in [0.05, 0.1) is 6.54 Å². The Balaban J connectivity index is 3.36. The second kappa shape index (κ2) is 7.12. The van der Waals surface area contributed by atoms with Gasteiger partial charge in [-0.2, -0.15) is 11.8 Å². The molecule has 0 amide bonds. The fourth-order valence-corrected chi connectivity index (χ4v) is 1.34. The Morgan fingerprint density at radius 1 is 1.43 bits per heavy atom. The fraction of sp³-hybridized carbons (Fsp3) is 0.900. The second-order valence-corrected chi connectivity index (χ2v) is 5.10. The number of ether oxygens (including phenoxy) is 1. The molecule has 14 heavy (non-hydrogen) atoms. The minimum Gasteiger partial charge on any atom is -0.459 e. The van der Waals surface area contributed by atoms with Crippen molar-refractivity contribution < 1.29 is 9.53 Å². The molecule has 0 fully saturated rings. The monoisotopic (exact) mass is 219 g/mol. The van der Waals surface area contributed by atoms with Crippen molar-refractivity contribution in [2.75, 3.05) is 25.1 Å². The number of thioether (sulfide) groups is 1. The number of rotatable bonds is 6. The Morgan fingerprint density at radius 2 is 2.07 bits per heavy atom. The largest absolute Gasteiger partial charge is 0.459 e. The Morgan fingerprint density at radius 3 is 2.57 bits per heavy atom. The van der Waals surface area contributed by atoms with E-state index >= 15 is 0 Å². The summed E-state index contributed by atoms with van der Waals surface area (Å²) in [6, 6.07) is 0. The summed E-state index contributed by atoms with van der Waals surface area (Å²) in [4.78, 5) is 11.2. The lowest BCUT2D eigenvalue weighted by Crippen LogP contribution is -2.32. The van der Waals surface area contributed by atoms with Gasteiger partial charge < -0.3 is 10.1 Å². The molecule has 0 aliphatic carbocycles. The van der Waals surface area contributed by atoms with Crippen LogP contribution < -0.4 is 5.32 Å². The summed E-state index contributed by atoms with van der Waals surface area (Å²) in [5.74, 6) is 0.947. The zero-order valence-corrected chi connectivity index (χ0v) is 10.4. The lowest BCUT2D eigenvalue weighted by molar-refractivity contribution is -0.153. The average molecular weight is 219 g/mol. The highest BCUT2D eigenvalue weighted by Crippen LogP contribution is 2.06. The molecule has 0 bridgehead atoms. The first kappa shape index (κ1) is 13.8. The van der Waals surface area contributed by atoms with Gasteiger partial charge in [0.25, 0.3) is 0 Å². The molecule has 0 rings (SSSR count). The molecule has 0 aliphatic rings. The molecule has 0 unspecified atom stereocenters. The van der Waals surface area contributed by atoms with Crippen LogP contribution >= 0.6 is 11.8 Å². The van der Waals surface area contributed by atoms with Crippen molar-refractivity contribution >= 4 is 17.7 Å². The topological polar surface area (TPSA) is 38.3 Å². The summed E-state index contributed by atoms with van der Waals surface area (Å²) in [5, 5.41) is 3.05. The summed E-state index contributed by atoms with van der Waals surface area (Å²) in [5.41, 5.74) is -0.377. The Labute approximate surface area is 91.0 Å². The molecule has 1 N–H and O–H groups in total. The van der Waals surface area contributed by atoms with Crippen molar-refractivity contribution in [2.24, 2.45) is 0 Å². The molecule has 4 heteroatoms. The number of hydrogen-bond donors (Lipinski definition) is 1. The fourth-order valence-electron chi connectivity index (χ4n) is 0.910. The number of carbonyl (C=O) groups is 1. The molecule has 0 spiro atoms. The molecule has 0 aromatic carbocycles. The molecular weight excluding hydrogens is 198 g/mol. The molecule has 0 saturated carbocycles. The van der Waals surface area contributed by atoms with Gasteiger partial charge in [0.1, 0.15) is 5.60 Å². The van der Waals surface area contributed by atoms with Crippen LogP contribution in [0.25, 0.3) is 0 Å². The molecule has 0 aromatic rings. The predicted octanol–water partition coefficient (Wildman–Crippen LogP) is 1.67. The van der Waals surface area contributed by atoms with E-state index in [1.54, 1.807) is 0 Å². The van der Waals surface area contributed by atoms with Crippen molar-refractivity contribution in [2.45, 2.75) is 32.8 Å². The van der Waals surface area contributed by atoms with Crippen LogP contribution in [-0.2, 0) is 9.53 Å². The molecule has 0 heterocycles. The summed E-state index contributed by atoms with van der Waals surface area (Å²) in [7, 11) is 0. The first-order chi connectivity index (χ1) is 6.45. The Bertz CT molecular complexity index is 166. The Hall–Kier alpha value is -0.220. The van der Waals surface area contributed by atoms with Crippen LogP contribution in [0.4, 0.5) is 0 Å². The first-order valence-electron chi connectivity index (χ1n) is 4.87. The van der Waals surface area contributed by atoms with Crippen LogP contribution in [0.15, 0.2) is 0 Å². The van der Waals surface area contributed by atoms with Crippen LogP contribution in [0.3, 0.4) is 0 Å². The van der Waals surface area contributed by atoms with E-state index in [2.05, 4.69) is 11.6 Å². The maximum absolute atomic E-state index is 11.2. The van der Waals surface area contributed by atoms with Gasteiger partial charge in [0, 0.05) is 0 Å². The van der Waals surface area contributed by atoms with Gasteiger partial charge in [-0.15, -0.1) is 0 Å². The van der Waals surface area contributed by atoms with Gasteiger partial charge in [-0.05, 0) is 45.7 Å². The van der Waals surface area contributed by atoms with Crippen molar-refractivity contribution in [3.63, 3.8) is 0 Å². The van der Waals surface area contributed by atoms with Crippen LogP contribution in [0.2, 0.25) is 0 Å². The molecule has 84 valence electrons. The molecular formula is C10H21NO2S. The third kappa shape index (κ3) is 9.86. The van der Waals surface area contributed by atoms with Gasteiger partial charge in [0.2, 0.25) is 0 Å². The standard InChI is InChI=1S/C10H21NO2S/c1-10(2,3)13-9(12)8-11-6-5-7-14-4/h11H,5-8H2,1-4H3. The van der Waals surface area contributed by atoms with E-state index in [9.17, 15) is 4.79 Å². The number of carbonyl (C=O) groups excluding carboxylic acids is 1. The minimum absolute atomic E-state index is 0.179. The van der Waals surface area contributed by atoms with Gasteiger partial charge >= 0.3 is 5.97 Å². The smallest absolute Gasteiger partial charge is 0.320 e. The molecule has 0 atom stereocenters. The zero-order chi connectivity index (χ0) is 11.0. The van der Waals surface area contributed by atoms with Crippen LogP contribution in [-0.4, -0.2) is 36.7 Å². The van der Waals surface area contributed by atoms with E-state index < -0.39 is 0 Å². The summed E-state index contributed by atoms with van der Waals surface area (Å²) in [6.07, 6.45) is 3.16. The average Bonchev–Trinajstić information content (AvgIpc) is 2.00. The molecule has 0 radical (unpaired) electrons. The van der Waals surface area contributed by atoms with Gasteiger partial charge in [-0.1, -0.05) is 0 Å². The zero-order valence-electron chi connectivity index (χ0n) is 9.55. The van der Waals surface area contributed by atoms with Gasteiger partial charge in [-0.25, -0.2) is 0 Å².